The van der Waals surface area contributed by atoms with E-state index >= 15 is 0 Å². The van der Waals surface area contributed by atoms with E-state index in [9.17, 15) is 0 Å². The first-order valence-electron chi connectivity index (χ1n) is 6.79. The van der Waals surface area contributed by atoms with Gasteiger partial charge in [0.2, 0.25) is 0 Å². The van der Waals surface area contributed by atoms with Crippen molar-refractivity contribution >= 4 is 0 Å². The molecular weight excluding hydrogens is 228 g/mol. The molecule has 0 unspecified atom stereocenters. The third-order valence-electron chi connectivity index (χ3n) is 3.04. The Labute approximate surface area is 110 Å². The number of ether oxygens (including phenoxy) is 1. The van der Waals surface area contributed by atoms with Crippen LogP contribution in [-0.4, -0.2) is 28.7 Å². The minimum atomic E-state index is 0.478. The number of hydrogen-bond acceptors (Lipinski definition) is 4. The van der Waals surface area contributed by atoms with Crippen molar-refractivity contribution in [3.05, 3.63) is 11.4 Å². The van der Waals surface area contributed by atoms with Crippen molar-refractivity contribution in [3.8, 4) is 0 Å². The van der Waals surface area contributed by atoms with E-state index < -0.39 is 0 Å². The molecule has 0 amide bonds. The van der Waals surface area contributed by atoms with Crippen LogP contribution in [0, 0.1) is 5.92 Å². The van der Waals surface area contributed by atoms with Gasteiger partial charge in [0.05, 0.1) is 11.4 Å². The van der Waals surface area contributed by atoms with Crippen molar-refractivity contribution in [1.82, 2.24) is 15.0 Å². The molecule has 5 nitrogen and oxygen atoms in total. The van der Waals surface area contributed by atoms with E-state index in [-0.39, 0.29) is 0 Å². The van der Waals surface area contributed by atoms with Crippen molar-refractivity contribution in [3.63, 3.8) is 0 Å². The molecule has 0 aromatic carbocycles. The maximum atomic E-state index is 5.71. The predicted octanol–water partition coefficient (Wildman–Crippen LogP) is 1.75. The van der Waals surface area contributed by atoms with E-state index in [4.69, 9.17) is 10.5 Å². The van der Waals surface area contributed by atoms with E-state index in [1.165, 1.54) is 5.69 Å². The Morgan fingerprint density at radius 1 is 1.33 bits per heavy atom. The highest BCUT2D eigenvalue weighted by Gasteiger charge is 2.11. The van der Waals surface area contributed by atoms with Crippen LogP contribution in [0.15, 0.2) is 0 Å². The molecule has 2 N–H and O–H groups in total. The average molecular weight is 254 g/mol. The minimum Gasteiger partial charge on any atom is -0.385 e. The van der Waals surface area contributed by atoms with Crippen molar-refractivity contribution in [2.45, 2.75) is 52.6 Å². The lowest BCUT2D eigenvalue weighted by molar-refractivity contribution is 0.190. The van der Waals surface area contributed by atoms with Crippen molar-refractivity contribution < 1.29 is 4.74 Å². The summed E-state index contributed by atoms with van der Waals surface area (Å²) in [6, 6.07) is 0. The van der Waals surface area contributed by atoms with Gasteiger partial charge in [0.15, 0.2) is 0 Å². The molecular formula is C13H26N4O. The lowest BCUT2D eigenvalue weighted by Gasteiger charge is -2.09. The van der Waals surface area contributed by atoms with Crippen LogP contribution in [0.3, 0.4) is 0 Å². The molecule has 0 aliphatic carbocycles. The number of nitrogens with zero attached hydrogens (tertiary/aromatic N) is 3. The second kappa shape index (κ2) is 8.21. The zero-order valence-corrected chi connectivity index (χ0v) is 11.9. The van der Waals surface area contributed by atoms with E-state index in [2.05, 4.69) is 24.2 Å². The highest BCUT2D eigenvalue weighted by atomic mass is 16.5. The first kappa shape index (κ1) is 15.1. The van der Waals surface area contributed by atoms with E-state index in [1.54, 1.807) is 7.11 Å². The van der Waals surface area contributed by atoms with Crippen LogP contribution in [-0.2, 0) is 24.2 Å². The van der Waals surface area contributed by atoms with Crippen molar-refractivity contribution in [2.24, 2.45) is 11.7 Å². The van der Waals surface area contributed by atoms with Gasteiger partial charge in [-0.2, -0.15) is 0 Å². The normalized spacial score (nSPS) is 11.4. The van der Waals surface area contributed by atoms with Crippen LogP contribution in [0.4, 0.5) is 0 Å². The van der Waals surface area contributed by atoms with Gasteiger partial charge in [0, 0.05) is 26.8 Å². The molecule has 1 rings (SSSR count). The Kier molecular flexibility index (Phi) is 6.90. The highest BCUT2D eigenvalue weighted by Crippen LogP contribution is 2.12. The fraction of sp³-hybridized carbons (Fsp3) is 0.846. The molecule has 0 radical (unpaired) electrons. The molecule has 0 fully saturated rings. The summed E-state index contributed by atoms with van der Waals surface area (Å²) in [5.74, 6) is 0.687. The van der Waals surface area contributed by atoms with E-state index in [0.717, 1.165) is 44.5 Å². The standard InChI is InChI=1S/C13H26N4O/c1-11(2)6-7-13-12(10-14)15-16-17(13)8-4-5-9-18-3/h11H,4-10,14H2,1-3H3. The van der Waals surface area contributed by atoms with Gasteiger partial charge in [-0.15, -0.1) is 5.10 Å². The Hall–Kier alpha value is -0.940. The summed E-state index contributed by atoms with van der Waals surface area (Å²) in [4.78, 5) is 0. The van der Waals surface area contributed by atoms with Crippen LogP contribution < -0.4 is 5.73 Å². The van der Waals surface area contributed by atoms with Gasteiger partial charge >= 0.3 is 0 Å². The number of aromatic nitrogens is 3. The number of methoxy groups -OCH3 is 1. The third kappa shape index (κ3) is 4.74. The Balaban J connectivity index is 2.56. The van der Waals surface area contributed by atoms with Crippen LogP contribution in [0.25, 0.3) is 0 Å². The summed E-state index contributed by atoms with van der Waals surface area (Å²) in [5.41, 5.74) is 7.87. The molecule has 104 valence electrons. The molecule has 0 saturated carbocycles. The Morgan fingerprint density at radius 2 is 2.11 bits per heavy atom. The largest absolute Gasteiger partial charge is 0.385 e. The highest BCUT2D eigenvalue weighted by molar-refractivity contribution is 5.10. The fourth-order valence-electron chi connectivity index (χ4n) is 1.91. The van der Waals surface area contributed by atoms with E-state index in [1.807, 2.05) is 4.68 Å². The summed E-state index contributed by atoms with van der Waals surface area (Å²) in [6.45, 7) is 6.65. The van der Waals surface area contributed by atoms with Crippen LogP contribution in [0.1, 0.15) is 44.5 Å². The number of nitrogens with two attached hydrogens (primary N) is 1. The van der Waals surface area contributed by atoms with Gasteiger partial charge in [0.25, 0.3) is 0 Å². The number of aryl methyl sites for hydroxylation is 1. The molecule has 0 atom stereocenters. The van der Waals surface area contributed by atoms with E-state index in [0.29, 0.717) is 12.5 Å². The quantitative estimate of drug-likeness (QED) is 0.682. The monoisotopic (exact) mass is 254 g/mol. The lowest BCUT2D eigenvalue weighted by atomic mass is 10.1. The third-order valence-corrected chi connectivity index (χ3v) is 3.04. The smallest absolute Gasteiger partial charge is 0.0994 e. The molecule has 1 heterocycles. The topological polar surface area (TPSA) is 66.0 Å². The van der Waals surface area contributed by atoms with Crippen molar-refractivity contribution in [2.75, 3.05) is 13.7 Å². The van der Waals surface area contributed by atoms with Crippen LogP contribution in [0.2, 0.25) is 0 Å². The summed E-state index contributed by atoms with van der Waals surface area (Å²) < 4.78 is 7.06. The molecule has 1 aromatic rings. The second-order valence-corrected chi connectivity index (χ2v) is 5.04. The zero-order valence-electron chi connectivity index (χ0n) is 11.9. The molecule has 0 saturated heterocycles. The van der Waals surface area contributed by atoms with Crippen LogP contribution >= 0.6 is 0 Å². The maximum Gasteiger partial charge on any atom is 0.0994 e. The molecule has 0 aliphatic heterocycles. The van der Waals surface area contributed by atoms with Crippen LogP contribution in [0.5, 0.6) is 0 Å². The summed E-state index contributed by atoms with van der Waals surface area (Å²) in [6.07, 6.45) is 4.29. The minimum absolute atomic E-state index is 0.478. The zero-order chi connectivity index (χ0) is 13.4. The lowest BCUT2D eigenvalue weighted by Crippen LogP contribution is -2.10. The number of hydrogen-bond donors (Lipinski definition) is 1. The van der Waals surface area contributed by atoms with Gasteiger partial charge in [0.1, 0.15) is 0 Å². The maximum absolute atomic E-state index is 5.71. The average Bonchev–Trinajstić information content (AvgIpc) is 2.74. The SMILES string of the molecule is COCCCCn1nnc(CN)c1CCC(C)C. The molecule has 0 bridgehead atoms. The Bertz CT molecular complexity index is 336. The predicted molar refractivity (Wildman–Crippen MR) is 72.2 cm³/mol. The van der Waals surface area contributed by atoms with Gasteiger partial charge in [-0.3, -0.25) is 0 Å². The van der Waals surface area contributed by atoms with Gasteiger partial charge in [-0.05, 0) is 31.6 Å². The van der Waals surface area contributed by atoms with Gasteiger partial charge < -0.3 is 10.5 Å². The number of unbranched alkanes of at least 4 members (excludes halogenated alkanes) is 1. The second-order valence-electron chi connectivity index (χ2n) is 5.04. The first-order valence-corrected chi connectivity index (χ1v) is 6.79. The first-order chi connectivity index (χ1) is 8.69. The molecule has 0 aliphatic rings. The Morgan fingerprint density at radius 3 is 2.72 bits per heavy atom. The number of rotatable bonds is 9. The van der Waals surface area contributed by atoms with Gasteiger partial charge in [-0.1, -0.05) is 19.1 Å². The summed E-state index contributed by atoms with van der Waals surface area (Å²) in [5, 5.41) is 8.38. The molecule has 18 heavy (non-hydrogen) atoms. The molecule has 1 aromatic heterocycles. The molecule has 5 heteroatoms. The molecule has 0 spiro atoms. The fourth-order valence-corrected chi connectivity index (χ4v) is 1.91. The van der Waals surface area contributed by atoms with Gasteiger partial charge in [-0.25, -0.2) is 4.68 Å². The summed E-state index contributed by atoms with van der Waals surface area (Å²) >= 11 is 0. The van der Waals surface area contributed by atoms with Crippen molar-refractivity contribution in [1.29, 1.82) is 0 Å². The summed E-state index contributed by atoms with van der Waals surface area (Å²) in [7, 11) is 1.73.